The van der Waals surface area contributed by atoms with Gasteiger partial charge in [-0.25, -0.2) is 9.07 Å². The molecule has 1 amide bonds. The van der Waals surface area contributed by atoms with E-state index in [1.165, 1.54) is 18.2 Å². The lowest BCUT2D eigenvalue weighted by Gasteiger charge is -2.12. The monoisotopic (exact) mass is 411 g/mol. The van der Waals surface area contributed by atoms with Gasteiger partial charge in [-0.2, -0.15) is 5.10 Å². The molecule has 4 nitrogen and oxygen atoms in total. The van der Waals surface area contributed by atoms with E-state index in [0.29, 0.717) is 5.69 Å². The standard InChI is InChI=1S/C26H22FN3O/c1-19(20-8-4-2-5-9-20)28-25(31)17-14-22-18-30(24-10-6-3-7-11-24)29-26(22)21-12-15-23(27)16-13-21/h2-19H,1H3,(H,28,31)/b17-14+/t19-/m1/s1. The van der Waals surface area contributed by atoms with Gasteiger partial charge in [-0.1, -0.05) is 48.5 Å². The van der Waals surface area contributed by atoms with Crippen molar-refractivity contribution in [1.29, 1.82) is 0 Å². The summed E-state index contributed by atoms with van der Waals surface area (Å²) in [5.41, 5.74) is 4.14. The number of carbonyl (C=O) groups is 1. The second kappa shape index (κ2) is 9.22. The Morgan fingerprint density at radius 1 is 0.968 bits per heavy atom. The molecule has 1 heterocycles. The molecule has 1 N–H and O–H groups in total. The van der Waals surface area contributed by atoms with Gasteiger partial charge in [0, 0.05) is 23.4 Å². The molecule has 154 valence electrons. The molecular weight excluding hydrogens is 389 g/mol. The minimum Gasteiger partial charge on any atom is -0.346 e. The average molecular weight is 411 g/mol. The van der Waals surface area contributed by atoms with Crippen LogP contribution in [0, 0.1) is 5.82 Å². The van der Waals surface area contributed by atoms with Crippen LogP contribution in [0.25, 0.3) is 23.0 Å². The number of halogens is 1. The Bertz CT molecular complexity index is 1180. The van der Waals surface area contributed by atoms with Crippen LogP contribution >= 0.6 is 0 Å². The zero-order chi connectivity index (χ0) is 21.6. The van der Waals surface area contributed by atoms with E-state index in [2.05, 4.69) is 10.4 Å². The van der Waals surface area contributed by atoms with Crippen LogP contribution in [0.1, 0.15) is 24.1 Å². The zero-order valence-electron chi connectivity index (χ0n) is 17.1. The summed E-state index contributed by atoms with van der Waals surface area (Å²) in [5.74, 6) is -0.508. The second-order valence-electron chi connectivity index (χ2n) is 7.19. The average Bonchev–Trinajstić information content (AvgIpc) is 3.24. The first-order valence-electron chi connectivity index (χ1n) is 10.0. The van der Waals surface area contributed by atoms with Gasteiger partial charge in [-0.05, 0) is 55.0 Å². The number of para-hydroxylation sites is 1. The topological polar surface area (TPSA) is 46.9 Å². The Hall–Kier alpha value is -3.99. The van der Waals surface area contributed by atoms with Crippen LogP contribution in [0.3, 0.4) is 0 Å². The summed E-state index contributed by atoms with van der Waals surface area (Å²) in [5, 5.41) is 7.65. The highest BCUT2D eigenvalue weighted by molar-refractivity contribution is 5.93. The predicted molar refractivity (Wildman–Crippen MR) is 121 cm³/mol. The molecule has 0 fully saturated rings. The van der Waals surface area contributed by atoms with Gasteiger partial charge in [0.1, 0.15) is 5.82 Å². The quantitative estimate of drug-likeness (QED) is 0.422. The second-order valence-corrected chi connectivity index (χ2v) is 7.19. The molecule has 1 atom stereocenters. The van der Waals surface area contributed by atoms with Crippen molar-refractivity contribution in [2.24, 2.45) is 0 Å². The van der Waals surface area contributed by atoms with Gasteiger partial charge in [-0.15, -0.1) is 0 Å². The molecule has 4 rings (SSSR count). The highest BCUT2D eigenvalue weighted by atomic mass is 19.1. The lowest BCUT2D eigenvalue weighted by atomic mass is 10.1. The summed E-state index contributed by atoms with van der Waals surface area (Å²) in [7, 11) is 0. The fourth-order valence-corrected chi connectivity index (χ4v) is 3.31. The molecule has 0 saturated heterocycles. The van der Waals surface area contributed by atoms with Gasteiger partial charge in [-0.3, -0.25) is 4.79 Å². The van der Waals surface area contributed by atoms with Crippen LogP contribution in [0.5, 0.6) is 0 Å². The molecule has 0 aliphatic carbocycles. The Labute approximate surface area is 180 Å². The number of nitrogens with one attached hydrogen (secondary N) is 1. The van der Waals surface area contributed by atoms with Gasteiger partial charge in [0.05, 0.1) is 17.4 Å². The molecule has 3 aromatic carbocycles. The third kappa shape index (κ3) is 4.95. The summed E-state index contributed by atoms with van der Waals surface area (Å²) in [6, 6.07) is 25.5. The predicted octanol–water partition coefficient (Wildman–Crippen LogP) is 5.57. The van der Waals surface area contributed by atoms with Crippen LogP contribution in [0.15, 0.2) is 97.2 Å². The number of rotatable bonds is 6. The molecule has 0 aliphatic heterocycles. The van der Waals surface area contributed by atoms with Crippen molar-refractivity contribution in [3.8, 4) is 16.9 Å². The number of aromatic nitrogens is 2. The Morgan fingerprint density at radius 3 is 2.29 bits per heavy atom. The number of carbonyl (C=O) groups excluding carboxylic acids is 1. The van der Waals surface area contributed by atoms with Crippen molar-refractivity contribution in [2.45, 2.75) is 13.0 Å². The minimum atomic E-state index is -0.308. The fraction of sp³-hybridized carbons (Fsp3) is 0.0769. The van der Waals surface area contributed by atoms with Crippen molar-refractivity contribution >= 4 is 12.0 Å². The van der Waals surface area contributed by atoms with Crippen LogP contribution in [-0.2, 0) is 4.79 Å². The molecular formula is C26H22FN3O. The molecule has 0 unspecified atom stereocenters. The lowest BCUT2D eigenvalue weighted by Crippen LogP contribution is -2.24. The summed E-state index contributed by atoms with van der Waals surface area (Å²) in [4.78, 5) is 12.5. The third-order valence-corrected chi connectivity index (χ3v) is 4.95. The first kappa shape index (κ1) is 20.3. The van der Waals surface area contributed by atoms with E-state index in [-0.39, 0.29) is 17.8 Å². The Balaban J connectivity index is 1.61. The van der Waals surface area contributed by atoms with Crippen molar-refractivity contribution in [1.82, 2.24) is 15.1 Å². The van der Waals surface area contributed by atoms with Crippen LogP contribution < -0.4 is 5.32 Å². The highest BCUT2D eigenvalue weighted by Crippen LogP contribution is 2.25. The largest absolute Gasteiger partial charge is 0.346 e. The third-order valence-electron chi connectivity index (χ3n) is 4.95. The van der Waals surface area contributed by atoms with Crippen LogP contribution in [0.4, 0.5) is 4.39 Å². The van der Waals surface area contributed by atoms with E-state index in [1.807, 2.05) is 73.8 Å². The first-order valence-corrected chi connectivity index (χ1v) is 10.0. The van der Waals surface area contributed by atoms with E-state index in [4.69, 9.17) is 0 Å². The molecule has 0 saturated carbocycles. The number of hydrogen-bond donors (Lipinski definition) is 1. The van der Waals surface area contributed by atoms with Crippen molar-refractivity contribution in [3.63, 3.8) is 0 Å². The SMILES string of the molecule is C[C@@H](NC(=O)/C=C/c1cn(-c2ccccc2)nc1-c1ccc(F)cc1)c1ccccc1. The smallest absolute Gasteiger partial charge is 0.244 e. The van der Waals surface area contributed by atoms with E-state index >= 15 is 0 Å². The molecule has 0 radical (unpaired) electrons. The molecule has 31 heavy (non-hydrogen) atoms. The first-order chi connectivity index (χ1) is 15.1. The van der Waals surface area contributed by atoms with Crippen LogP contribution in [0.2, 0.25) is 0 Å². The molecule has 1 aromatic heterocycles. The highest BCUT2D eigenvalue weighted by Gasteiger charge is 2.12. The number of nitrogens with zero attached hydrogens (tertiary/aromatic N) is 2. The Morgan fingerprint density at radius 2 is 1.61 bits per heavy atom. The van der Waals surface area contributed by atoms with E-state index in [1.54, 1.807) is 22.9 Å². The number of hydrogen-bond acceptors (Lipinski definition) is 2. The van der Waals surface area contributed by atoms with Crippen molar-refractivity contribution < 1.29 is 9.18 Å². The molecule has 0 bridgehead atoms. The fourth-order valence-electron chi connectivity index (χ4n) is 3.31. The van der Waals surface area contributed by atoms with Gasteiger partial charge in [0.2, 0.25) is 5.91 Å². The molecule has 5 heteroatoms. The van der Waals surface area contributed by atoms with Gasteiger partial charge in [0.25, 0.3) is 0 Å². The summed E-state index contributed by atoms with van der Waals surface area (Å²) < 4.78 is 15.1. The molecule has 0 spiro atoms. The van der Waals surface area contributed by atoms with Gasteiger partial charge in [0.15, 0.2) is 0 Å². The number of benzene rings is 3. The maximum atomic E-state index is 13.4. The maximum absolute atomic E-state index is 13.4. The van der Waals surface area contributed by atoms with Gasteiger partial charge >= 0.3 is 0 Å². The zero-order valence-corrected chi connectivity index (χ0v) is 17.1. The maximum Gasteiger partial charge on any atom is 0.244 e. The summed E-state index contributed by atoms with van der Waals surface area (Å²) >= 11 is 0. The minimum absolute atomic E-state index is 0.109. The van der Waals surface area contributed by atoms with E-state index in [9.17, 15) is 9.18 Å². The van der Waals surface area contributed by atoms with Crippen LogP contribution in [-0.4, -0.2) is 15.7 Å². The summed E-state index contributed by atoms with van der Waals surface area (Å²) in [6.45, 7) is 1.94. The van der Waals surface area contributed by atoms with Gasteiger partial charge < -0.3 is 5.32 Å². The van der Waals surface area contributed by atoms with Crippen molar-refractivity contribution in [2.75, 3.05) is 0 Å². The Kier molecular flexibility index (Phi) is 6.03. The van der Waals surface area contributed by atoms with E-state index < -0.39 is 0 Å². The normalized spacial score (nSPS) is 12.1. The molecule has 4 aromatic rings. The number of amides is 1. The molecule has 0 aliphatic rings. The summed E-state index contributed by atoms with van der Waals surface area (Å²) in [6.07, 6.45) is 5.09. The van der Waals surface area contributed by atoms with E-state index in [0.717, 1.165) is 22.4 Å². The van der Waals surface area contributed by atoms with Crippen molar-refractivity contribution in [3.05, 3.63) is 114 Å². The lowest BCUT2D eigenvalue weighted by molar-refractivity contribution is -0.117.